The predicted molar refractivity (Wildman–Crippen MR) is 122 cm³/mol. The normalized spacial score (nSPS) is 19.2. The van der Waals surface area contributed by atoms with E-state index >= 15 is 0 Å². The van der Waals surface area contributed by atoms with Gasteiger partial charge in [-0.3, -0.25) is 9.59 Å². The van der Waals surface area contributed by atoms with Crippen LogP contribution >= 0.6 is 23.1 Å². The summed E-state index contributed by atoms with van der Waals surface area (Å²) in [6.45, 7) is 7.64. The fourth-order valence-corrected chi connectivity index (χ4v) is 5.78. The Balaban J connectivity index is 1.40. The van der Waals surface area contributed by atoms with Crippen molar-refractivity contribution >= 4 is 46.3 Å². The molecule has 1 N–H and O–H groups in total. The molecular formula is C22H27N3O2S2. The molecule has 0 spiro atoms. The lowest BCUT2D eigenvalue weighted by Gasteiger charge is -2.30. The average molecular weight is 430 g/mol. The summed E-state index contributed by atoms with van der Waals surface area (Å²) in [5, 5.41) is 5.17. The maximum atomic E-state index is 12.8. The fourth-order valence-electron chi connectivity index (χ4n) is 3.74. The molecule has 0 saturated carbocycles. The van der Waals surface area contributed by atoms with Crippen molar-refractivity contribution in [2.45, 2.75) is 39.8 Å². The number of nitrogens with zero attached hydrogens (tertiary/aromatic N) is 2. The van der Waals surface area contributed by atoms with Crippen LogP contribution in [0, 0.1) is 5.41 Å². The smallest absolute Gasteiger partial charge is 0.248 e. The molecule has 29 heavy (non-hydrogen) atoms. The van der Waals surface area contributed by atoms with Crippen LogP contribution in [-0.4, -0.2) is 40.9 Å². The monoisotopic (exact) mass is 429 g/mol. The summed E-state index contributed by atoms with van der Waals surface area (Å²) in [6.07, 6.45) is 1.09. The second-order valence-corrected chi connectivity index (χ2v) is 10.6. The van der Waals surface area contributed by atoms with Gasteiger partial charge in [0.1, 0.15) is 6.04 Å². The van der Waals surface area contributed by atoms with Crippen molar-refractivity contribution in [2.24, 2.45) is 5.41 Å². The molecule has 0 bridgehead atoms. The van der Waals surface area contributed by atoms with Crippen LogP contribution in [0.15, 0.2) is 35.7 Å². The van der Waals surface area contributed by atoms with Crippen molar-refractivity contribution < 1.29 is 9.59 Å². The van der Waals surface area contributed by atoms with Crippen LogP contribution < -0.4 is 10.2 Å². The van der Waals surface area contributed by atoms with Gasteiger partial charge >= 0.3 is 0 Å². The van der Waals surface area contributed by atoms with E-state index in [0.29, 0.717) is 11.6 Å². The van der Waals surface area contributed by atoms with Gasteiger partial charge in [0, 0.05) is 40.5 Å². The lowest BCUT2D eigenvalue weighted by atomic mass is 9.94. The lowest BCUT2D eigenvalue weighted by molar-refractivity contribution is -0.143. The number of thioether (sulfide) groups is 1. The van der Waals surface area contributed by atoms with Gasteiger partial charge in [0.05, 0.1) is 5.88 Å². The van der Waals surface area contributed by atoms with Gasteiger partial charge in [0.25, 0.3) is 0 Å². The predicted octanol–water partition coefficient (Wildman–Crippen LogP) is 4.20. The van der Waals surface area contributed by atoms with Crippen molar-refractivity contribution in [3.05, 3.63) is 46.2 Å². The number of carbonyl (C=O) groups is 2. The summed E-state index contributed by atoms with van der Waals surface area (Å²) >= 11 is 3.47. The minimum Gasteiger partial charge on any atom is -0.367 e. The third kappa shape index (κ3) is 4.31. The van der Waals surface area contributed by atoms with E-state index in [4.69, 9.17) is 0 Å². The molecule has 3 heterocycles. The molecule has 2 aliphatic heterocycles. The minimum atomic E-state index is -0.484. The number of anilines is 2. The largest absolute Gasteiger partial charge is 0.367 e. The number of hydrogen-bond acceptors (Lipinski definition) is 5. The summed E-state index contributed by atoms with van der Waals surface area (Å²) in [5.74, 6) is 1.13. The number of amides is 2. The van der Waals surface area contributed by atoms with Gasteiger partial charge in [0.2, 0.25) is 11.8 Å². The van der Waals surface area contributed by atoms with Gasteiger partial charge in [-0.25, -0.2) is 0 Å². The molecule has 4 rings (SSSR count). The summed E-state index contributed by atoms with van der Waals surface area (Å²) in [5.41, 5.74) is 2.87. The maximum Gasteiger partial charge on any atom is 0.248 e. The van der Waals surface area contributed by atoms with Crippen LogP contribution in [0.3, 0.4) is 0 Å². The summed E-state index contributed by atoms with van der Waals surface area (Å²) < 4.78 is 0. The van der Waals surface area contributed by atoms with Gasteiger partial charge in [0.15, 0.2) is 0 Å². The Kier molecular flexibility index (Phi) is 5.62. The first kappa shape index (κ1) is 20.3. The highest BCUT2D eigenvalue weighted by molar-refractivity contribution is 7.99. The highest BCUT2D eigenvalue weighted by Gasteiger charge is 2.39. The first-order chi connectivity index (χ1) is 13.8. The lowest BCUT2D eigenvalue weighted by Crippen LogP contribution is -2.48. The Hall–Kier alpha value is -1.99. The summed E-state index contributed by atoms with van der Waals surface area (Å²) in [7, 11) is 0. The molecular weight excluding hydrogens is 402 g/mol. The number of benzene rings is 1. The number of carbonyl (C=O) groups excluding carboxylic acids is 2. The van der Waals surface area contributed by atoms with Crippen LogP contribution in [0.4, 0.5) is 11.4 Å². The first-order valence-corrected chi connectivity index (χ1v) is 12.0. The van der Waals surface area contributed by atoms with Gasteiger partial charge in [-0.05, 0) is 47.7 Å². The van der Waals surface area contributed by atoms with E-state index in [-0.39, 0.29) is 11.8 Å². The van der Waals surface area contributed by atoms with Crippen molar-refractivity contribution in [1.29, 1.82) is 0 Å². The summed E-state index contributed by atoms with van der Waals surface area (Å²) in [4.78, 5) is 31.0. The number of rotatable bonds is 3. The third-order valence-electron chi connectivity index (χ3n) is 5.40. The number of hydrogen-bond donors (Lipinski definition) is 1. The van der Waals surface area contributed by atoms with E-state index < -0.39 is 11.5 Å². The molecule has 1 unspecified atom stereocenters. The summed E-state index contributed by atoms with van der Waals surface area (Å²) in [6, 6.07) is 9.84. The van der Waals surface area contributed by atoms with Gasteiger partial charge < -0.3 is 15.1 Å². The molecule has 0 aliphatic carbocycles. The SMILES string of the molecule is CC(C)(C)C(=O)N1CSCC1C(=O)Nc1ccc(N2CCc3sccc3C2)cc1. The highest BCUT2D eigenvalue weighted by atomic mass is 32.2. The van der Waals surface area contributed by atoms with E-state index in [1.165, 1.54) is 16.1 Å². The van der Waals surface area contributed by atoms with Crippen LogP contribution in [0.25, 0.3) is 0 Å². The maximum absolute atomic E-state index is 12.8. The van der Waals surface area contributed by atoms with Gasteiger partial charge in [-0.15, -0.1) is 23.1 Å². The molecule has 2 aromatic rings. The minimum absolute atomic E-state index is 0.0240. The molecule has 1 aromatic heterocycles. The first-order valence-electron chi connectivity index (χ1n) is 9.93. The second kappa shape index (κ2) is 8.03. The molecule has 1 fully saturated rings. The molecule has 0 radical (unpaired) electrons. The Morgan fingerprint density at radius 2 is 1.90 bits per heavy atom. The average Bonchev–Trinajstić information content (AvgIpc) is 3.36. The molecule has 154 valence electrons. The highest BCUT2D eigenvalue weighted by Crippen LogP contribution is 2.30. The standard InChI is InChI=1S/C22H27N3O2S2/c1-22(2,3)21(27)25-14-28-13-18(25)20(26)23-16-4-6-17(7-5-16)24-10-8-19-15(12-24)9-11-29-19/h4-7,9,11,18H,8,10,12-14H2,1-3H3,(H,23,26). The second-order valence-electron chi connectivity index (χ2n) is 8.62. The molecule has 1 atom stereocenters. The van der Waals surface area contributed by atoms with E-state index in [9.17, 15) is 9.59 Å². The van der Waals surface area contributed by atoms with E-state index in [1.807, 2.05) is 44.2 Å². The molecule has 5 nitrogen and oxygen atoms in total. The zero-order valence-corrected chi connectivity index (χ0v) is 18.7. The van der Waals surface area contributed by atoms with Crippen molar-refractivity contribution in [3.63, 3.8) is 0 Å². The molecule has 2 amide bonds. The molecule has 1 aromatic carbocycles. The van der Waals surface area contributed by atoms with Crippen LogP contribution in [0.2, 0.25) is 0 Å². The van der Waals surface area contributed by atoms with E-state index in [0.717, 1.165) is 25.2 Å². The third-order valence-corrected chi connectivity index (χ3v) is 7.43. The number of fused-ring (bicyclic) bond motifs is 1. The van der Waals surface area contributed by atoms with Crippen LogP contribution in [0.1, 0.15) is 31.2 Å². The van der Waals surface area contributed by atoms with Crippen molar-refractivity contribution in [3.8, 4) is 0 Å². The fraction of sp³-hybridized carbons (Fsp3) is 0.455. The molecule has 1 saturated heterocycles. The zero-order chi connectivity index (χ0) is 20.6. The van der Waals surface area contributed by atoms with Gasteiger partial charge in [-0.2, -0.15) is 0 Å². The van der Waals surface area contributed by atoms with Crippen LogP contribution in [-0.2, 0) is 22.6 Å². The van der Waals surface area contributed by atoms with Crippen LogP contribution in [0.5, 0.6) is 0 Å². The van der Waals surface area contributed by atoms with E-state index in [1.54, 1.807) is 16.7 Å². The van der Waals surface area contributed by atoms with E-state index in [2.05, 4.69) is 33.8 Å². The Bertz CT molecular complexity index is 902. The Labute approximate surface area is 180 Å². The Morgan fingerprint density at radius 3 is 2.62 bits per heavy atom. The quantitative estimate of drug-likeness (QED) is 0.795. The number of thiophene rings is 1. The number of nitrogens with one attached hydrogen (secondary N) is 1. The molecule has 7 heteroatoms. The topological polar surface area (TPSA) is 52.7 Å². The zero-order valence-electron chi connectivity index (χ0n) is 17.1. The van der Waals surface area contributed by atoms with Crippen molar-refractivity contribution in [2.75, 3.05) is 28.4 Å². The molecule has 2 aliphatic rings. The van der Waals surface area contributed by atoms with Crippen molar-refractivity contribution in [1.82, 2.24) is 4.90 Å². The Morgan fingerprint density at radius 1 is 1.14 bits per heavy atom. The van der Waals surface area contributed by atoms with Gasteiger partial charge in [-0.1, -0.05) is 20.8 Å².